The first-order valence-corrected chi connectivity index (χ1v) is 9.48. The second kappa shape index (κ2) is 7.50. The number of hydrogen-bond donors (Lipinski definition) is 0. The monoisotopic (exact) mass is 395 g/mol. The first kappa shape index (κ1) is 17.7. The predicted octanol–water partition coefficient (Wildman–Crippen LogP) is 5.49. The molecular weight excluding hydrogens is 381 g/mol. The van der Waals surface area contributed by atoms with Gasteiger partial charge in [0.15, 0.2) is 0 Å². The average Bonchev–Trinajstić information content (AvgIpc) is 3.24. The van der Waals surface area contributed by atoms with Gasteiger partial charge in [0.2, 0.25) is 0 Å². The first-order valence-electron chi connectivity index (χ1n) is 8.25. The van der Waals surface area contributed by atoms with E-state index in [-0.39, 0.29) is 11.7 Å². The summed E-state index contributed by atoms with van der Waals surface area (Å²) in [5.74, 6) is 0.733. The molecule has 0 atom stereocenters. The van der Waals surface area contributed by atoms with Crippen molar-refractivity contribution in [3.63, 3.8) is 0 Å². The summed E-state index contributed by atoms with van der Waals surface area (Å²) >= 11 is 6.63. The maximum Gasteiger partial charge on any atom is 0.266 e. The summed E-state index contributed by atoms with van der Waals surface area (Å²) in [6.45, 7) is 0.446. The third-order valence-corrected chi connectivity index (χ3v) is 5.46. The minimum atomic E-state index is -0.299. The Kier molecular flexibility index (Phi) is 4.92. The second-order valence-corrected chi connectivity index (χ2v) is 7.64. The van der Waals surface area contributed by atoms with Gasteiger partial charge in [0.25, 0.3) is 5.91 Å². The molecule has 134 valence electrons. The van der Waals surface area contributed by atoms with Crippen LogP contribution < -0.4 is 0 Å². The molecule has 4 rings (SSSR count). The highest BCUT2D eigenvalue weighted by Gasteiger charge is 2.32. The summed E-state index contributed by atoms with van der Waals surface area (Å²) in [6.07, 6.45) is 1.69. The largest absolute Gasteiger partial charge is 0.457 e. The Bertz CT molecular complexity index is 1030. The molecule has 0 bridgehead atoms. The van der Waals surface area contributed by atoms with Crippen LogP contribution in [0.2, 0.25) is 0 Å². The van der Waals surface area contributed by atoms with E-state index in [2.05, 4.69) is 0 Å². The van der Waals surface area contributed by atoms with E-state index in [1.165, 1.54) is 23.9 Å². The van der Waals surface area contributed by atoms with Crippen molar-refractivity contribution < 1.29 is 13.6 Å². The van der Waals surface area contributed by atoms with Gasteiger partial charge in [-0.1, -0.05) is 54.3 Å². The Hall–Kier alpha value is -2.70. The van der Waals surface area contributed by atoms with Crippen molar-refractivity contribution in [1.82, 2.24) is 4.90 Å². The topological polar surface area (TPSA) is 33.5 Å². The standard InChI is InChI=1S/C21H14FNO2S2/c22-16-8-6-15(7-9-16)18-11-10-17(25-18)12-19-20(24)23(21(26)27-19)13-14-4-2-1-3-5-14/h1-12H,13H2/b19-12+. The predicted molar refractivity (Wildman–Crippen MR) is 109 cm³/mol. The van der Waals surface area contributed by atoms with Crippen LogP contribution in [0, 0.1) is 5.82 Å². The van der Waals surface area contributed by atoms with Crippen LogP contribution in [0.5, 0.6) is 0 Å². The van der Waals surface area contributed by atoms with Crippen molar-refractivity contribution in [3.8, 4) is 11.3 Å². The van der Waals surface area contributed by atoms with Crippen LogP contribution in [0.15, 0.2) is 76.1 Å². The Morgan fingerprint density at radius 2 is 1.78 bits per heavy atom. The highest BCUT2D eigenvalue weighted by molar-refractivity contribution is 8.26. The van der Waals surface area contributed by atoms with Crippen molar-refractivity contribution in [2.75, 3.05) is 0 Å². The lowest BCUT2D eigenvalue weighted by Crippen LogP contribution is -2.27. The van der Waals surface area contributed by atoms with Gasteiger partial charge in [0.05, 0.1) is 11.4 Å². The van der Waals surface area contributed by atoms with Crippen molar-refractivity contribution in [2.24, 2.45) is 0 Å². The molecule has 2 aromatic carbocycles. The first-order chi connectivity index (χ1) is 13.1. The van der Waals surface area contributed by atoms with Crippen LogP contribution in [-0.2, 0) is 11.3 Å². The molecule has 0 aliphatic carbocycles. The van der Waals surface area contributed by atoms with Gasteiger partial charge in [-0.05, 0) is 42.0 Å². The summed E-state index contributed by atoms with van der Waals surface area (Å²) in [5.41, 5.74) is 1.79. The van der Waals surface area contributed by atoms with Crippen molar-refractivity contribution in [1.29, 1.82) is 0 Å². The Labute approximate surface area is 165 Å². The van der Waals surface area contributed by atoms with Crippen molar-refractivity contribution in [2.45, 2.75) is 6.54 Å². The van der Waals surface area contributed by atoms with Crippen LogP contribution in [0.25, 0.3) is 17.4 Å². The number of furan rings is 1. The van der Waals surface area contributed by atoms with Crippen LogP contribution in [-0.4, -0.2) is 15.1 Å². The summed E-state index contributed by atoms with van der Waals surface area (Å²) in [7, 11) is 0. The molecule has 1 aliphatic heterocycles. The molecule has 6 heteroatoms. The molecule has 27 heavy (non-hydrogen) atoms. The normalized spacial score (nSPS) is 15.7. The molecule has 0 spiro atoms. The Morgan fingerprint density at radius 3 is 2.52 bits per heavy atom. The minimum Gasteiger partial charge on any atom is -0.457 e. The number of carbonyl (C=O) groups is 1. The van der Waals surface area contributed by atoms with Gasteiger partial charge in [0, 0.05) is 11.6 Å². The average molecular weight is 395 g/mol. The van der Waals surface area contributed by atoms with Gasteiger partial charge in [0.1, 0.15) is 21.7 Å². The Balaban J connectivity index is 1.53. The van der Waals surface area contributed by atoms with Gasteiger partial charge in [-0.3, -0.25) is 9.69 Å². The maximum absolute atomic E-state index is 13.1. The SMILES string of the molecule is O=C1/C(=C\c2ccc(-c3ccc(F)cc3)o2)SC(=S)N1Cc1ccccc1. The molecule has 0 unspecified atom stereocenters. The van der Waals surface area contributed by atoms with E-state index in [4.69, 9.17) is 16.6 Å². The van der Waals surface area contributed by atoms with E-state index in [9.17, 15) is 9.18 Å². The number of amides is 1. The number of rotatable bonds is 4. The molecule has 0 radical (unpaired) electrons. The highest BCUT2D eigenvalue weighted by atomic mass is 32.2. The van der Waals surface area contributed by atoms with E-state index in [1.54, 1.807) is 35.2 Å². The smallest absolute Gasteiger partial charge is 0.266 e. The lowest BCUT2D eigenvalue weighted by atomic mass is 10.2. The van der Waals surface area contributed by atoms with Crippen LogP contribution in [0.4, 0.5) is 4.39 Å². The zero-order valence-electron chi connectivity index (χ0n) is 14.1. The quantitative estimate of drug-likeness (QED) is 0.432. The number of thiocarbonyl (C=S) groups is 1. The number of nitrogens with zero attached hydrogens (tertiary/aromatic N) is 1. The molecule has 1 aliphatic rings. The molecular formula is C21H14FNO2S2. The van der Waals surface area contributed by atoms with E-state index in [0.29, 0.717) is 27.3 Å². The van der Waals surface area contributed by atoms with Gasteiger partial charge < -0.3 is 4.42 Å². The summed E-state index contributed by atoms with van der Waals surface area (Å²) < 4.78 is 19.4. The molecule has 0 saturated carbocycles. The number of hydrogen-bond acceptors (Lipinski definition) is 4. The van der Waals surface area contributed by atoms with E-state index < -0.39 is 0 Å². The highest BCUT2D eigenvalue weighted by Crippen LogP contribution is 2.34. The fraction of sp³-hybridized carbons (Fsp3) is 0.0476. The van der Waals surface area contributed by atoms with Gasteiger partial charge in [-0.15, -0.1) is 0 Å². The fourth-order valence-electron chi connectivity index (χ4n) is 2.73. The maximum atomic E-state index is 13.1. The molecule has 0 N–H and O–H groups in total. The van der Waals surface area contributed by atoms with E-state index in [1.807, 2.05) is 30.3 Å². The lowest BCUT2D eigenvalue weighted by Gasteiger charge is -2.14. The van der Waals surface area contributed by atoms with Crippen LogP contribution >= 0.6 is 24.0 Å². The van der Waals surface area contributed by atoms with Gasteiger partial charge >= 0.3 is 0 Å². The Morgan fingerprint density at radius 1 is 1.04 bits per heavy atom. The number of carbonyl (C=O) groups excluding carboxylic acids is 1. The molecule has 1 aromatic heterocycles. The van der Waals surface area contributed by atoms with E-state index in [0.717, 1.165) is 11.1 Å². The van der Waals surface area contributed by atoms with Gasteiger partial charge in [-0.2, -0.15) is 0 Å². The summed E-state index contributed by atoms with van der Waals surface area (Å²) in [5, 5.41) is 0. The summed E-state index contributed by atoms with van der Waals surface area (Å²) in [4.78, 5) is 14.8. The van der Waals surface area contributed by atoms with Gasteiger partial charge in [-0.25, -0.2) is 4.39 Å². The van der Waals surface area contributed by atoms with Crippen LogP contribution in [0.1, 0.15) is 11.3 Å². The lowest BCUT2D eigenvalue weighted by molar-refractivity contribution is -0.122. The molecule has 1 fully saturated rings. The third kappa shape index (κ3) is 3.86. The molecule has 3 nitrogen and oxygen atoms in total. The number of benzene rings is 2. The fourth-order valence-corrected chi connectivity index (χ4v) is 3.97. The third-order valence-electron chi connectivity index (χ3n) is 4.09. The minimum absolute atomic E-state index is 0.131. The molecule has 3 aromatic rings. The van der Waals surface area contributed by atoms with Crippen LogP contribution in [0.3, 0.4) is 0 Å². The number of halogens is 1. The zero-order chi connectivity index (χ0) is 18.8. The molecule has 1 saturated heterocycles. The van der Waals surface area contributed by atoms with E-state index >= 15 is 0 Å². The zero-order valence-corrected chi connectivity index (χ0v) is 15.7. The molecule has 2 heterocycles. The second-order valence-electron chi connectivity index (χ2n) is 5.96. The van der Waals surface area contributed by atoms with Crippen molar-refractivity contribution in [3.05, 3.63) is 88.8 Å². The number of thioether (sulfide) groups is 1. The molecule has 1 amide bonds. The summed E-state index contributed by atoms with van der Waals surface area (Å²) in [6, 6.07) is 19.4. The van der Waals surface area contributed by atoms with Crippen molar-refractivity contribution >= 4 is 40.3 Å².